The van der Waals surface area contributed by atoms with Crippen molar-refractivity contribution in [1.82, 2.24) is 14.5 Å². The van der Waals surface area contributed by atoms with Crippen LogP contribution in [-0.4, -0.2) is 31.0 Å². The molecule has 1 N–H and O–H groups in total. The van der Waals surface area contributed by atoms with Crippen LogP contribution in [0.2, 0.25) is 0 Å². The van der Waals surface area contributed by atoms with Crippen molar-refractivity contribution in [2.45, 2.75) is 19.7 Å². The van der Waals surface area contributed by atoms with E-state index < -0.39 is 6.23 Å². The maximum atomic E-state index is 10.3. The number of imidazole rings is 1. The summed E-state index contributed by atoms with van der Waals surface area (Å²) in [6, 6.07) is 8.00. The van der Waals surface area contributed by atoms with Crippen LogP contribution in [0.3, 0.4) is 0 Å². The Morgan fingerprint density at radius 2 is 2.19 bits per heavy atom. The van der Waals surface area contributed by atoms with Gasteiger partial charge in [0, 0.05) is 5.70 Å². The van der Waals surface area contributed by atoms with Gasteiger partial charge < -0.3 is 9.67 Å². The van der Waals surface area contributed by atoms with Crippen molar-refractivity contribution in [3.8, 4) is 0 Å². The third-order valence-electron chi connectivity index (χ3n) is 3.63. The lowest BCUT2D eigenvalue weighted by molar-refractivity contribution is 0.119. The Balaban J connectivity index is 1.65. The molecule has 2 aliphatic rings. The van der Waals surface area contributed by atoms with Crippen LogP contribution in [0.25, 0.3) is 11.0 Å². The van der Waals surface area contributed by atoms with Gasteiger partial charge in [0.15, 0.2) is 11.4 Å². The summed E-state index contributed by atoms with van der Waals surface area (Å²) in [5.41, 5.74) is 3.92. The molecule has 2 aliphatic heterocycles. The third-order valence-corrected chi connectivity index (χ3v) is 4.58. The quantitative estimate of drug-likeness (QED) is 0.925. The molecule has 1 aromatic carbocycles. The number of amidine groups is 1. The highest BCUT2D eigenvalue weighted by molar-refractivity contribution is 8.16. The highest BCUT2D eigenvalue weighted by atomic mass is 32.2. The fourth-order valence-electron chi connectivity index (χ4n) is 2.61. The molecular weight excluding hydrogens is 284 g/mol. The first-order valence-electron chi connectivity index (χ1n) is 6.72. The number of aliphatic imine (C=N–C) groups is 1. The van der Waals surface area contributed by atoms with E-state index in [0.717, 1.165) is 27.6 Å². The number of benzene rings is 1. The number of para-hydroxylation sites is 2. The minimum atomic E-state index is -0.645. The molecule has 0 amide bonds. The molecule has 0 bridgehead atoms. The van der Waals surface area contributed by atoms with Crippen LogP contribution in [-0.2, 0) is 6.54 Å². The largest absolute Gasteiger partial charge is 0.369 e. The normalized spacial score (nSPS) is 21.1. The zero-order chi connectivity index (χ0) is 14.4. The molecule has 0 fully saturated rings. The van der Waals surface area contributed by atoms with Gasteiger partial charge in [0.05, 0.1) is 29.6 Å². The van der Waals surface area contributed by atoms with Gasteiger partial charge in [-0.2, -0.15) is 0 Å². The van der Waals surface area contributed by atoms with Gasteiger partial charge in [-0.15, -0.1) is 0 Å². The van der Waals surface area contributed by atoms with Crippen LogP contribution in [0, 0.1) is 0 Å². The maximum absolute atomic E-state index is 10.3. The van der Waals surface area contributed by atoms with E-state index in [4.69, 9.17) is 0 Å². The summed E-state index contributed by atoms with van der Waals surface area (Å²) >= 11 is 1.55. The fourth-order valence-corrected chi connectivity index (χ4v) is 3.54. The average Bonchev–Trinajstić information content (AvgIpc) is 3.04. The molecule has 1 aromatic heterocycles. The number of hydrogen-bond donors (Lipinski definition) is 1. The molecule has 5 nitrogen and oxygen atoms in total. The van der Waals surface area contributed by atoms with Crippen molar-refractivity contribution in [1.29, 1.82) is 0 Å². The van der Waals surface area contributed by atoms with Crippen molar-refractivity contribution >= 4 is 28.0 Å². The van der Waals surface area contributed by atoms with Gasteiger partial charge in [-0.25, -0.2) is 9.98 Å². The maximum Gasteiger partial charge on any atom is 0.175 e. The fraction of sp³-hybridized carbons (Fsp3) is 0.200. The molecule has 4 rings (SSSR count). The number of rotatable bonds is 2. The molecule has 0 saturated carbocycles. The number of hydrogen-bond acceptors (Lipinski definition) is 5. The van der Waals surface area contributed by atoms with Gasteiger partial charge in [-0.3, -0.25) is 4.90 Å². The lowest BCUT2D eigenvalue weighted by Crippen LogP contribution is -2.36. The number of allylic oxidation sites excluding steroid dienone is 2. The van der Waals surface area contributed by atoms with Crippen molar-refractivity contribution in [3.05, 3.63) is 53.5 Å². The van der Waals surface area contributed by atoms with Crippen molar-refractivity contribution in [2.24, 2.45) is 4.99 Å². The van der Waals surface area contributed by atoms with Gasteiger partial charge >= 0.3 is 0 Å². The van der Waals surface area contributed by atoms with Gasteiger partial charge in [0.1, 0.15) is 0 Å². The SMILES string of the molecule is CC1=CSC2=NC(Cn3cnc4ccccc43)=CC(O)N12. The van der Waals surface area contributed by atoms with Crippen LogP contribution in [0.15, 0.2) is 58.5 Å². The molecule has 6 heteroatoms. The van der Waals surface area contributed by atoms with Crippen LogP contribution < -0.4 is 0 Å². The molecule has 21 heavy (non-hydrogen) atoms. The predicted octanol–water partition coefficient (Wildman–Crippen LogP) is 2.52. The second-order valence-corrected chi connectivity index (χ2v) is 5.91. The predicted molar refractivity (Wildman–Crippen MR) is 84.4 cm³/mol. The number of nitrogens with zero attached hydrogens (tertiary/aromatic N) is 4. The van der Waals surface area contributed by atoms with E-state index in [1.165, 1.54) is 0 Å². The molecule has 0 saturated heterocycles. The summed E-state index contributed by atoms with van der Waals surface area (Å²) in [5, 5.41) is 13.1. The minimum absolute atomic E-state index is 0.606. The zero-order valence-corrected chi connectivity index (χ0v) is 12.3. The lowest BCUT2D eigenvalue weighted by atomic mass is 10.3. The Bertz CT molecular complexity index is 805. The summed E-state index contributed by atoms with van der Waals surface area (Å²) < 4.78 is 2.05. The van der Waals surface area contributed by atoms with Gasteiger partial charge in [-0.1, -0.05) is 23.9 Å². The van der Waals surface area contributed by atoms with E-state index in [0.29, 0.717) is 6.54 Å². The summed E-state index contributed by atoms with van der Waals surface area (Å²) in [7, 11) is 0. The third kappa shape index (κ3) is 2.07. The van der Waals surface area contributed by atoms with Gasteiger partial charge in [0.2, 0.25) is 0 Å². The highest BCUT2D eigenvalue weighted by Gasteiger charge is 2.29. The van der Waals surface area contributed by atoms with E-state index in [-0.39, 0.29) is 0 Å². The number of thioether (sulfide) groups is 1. The zero-order valence-electron chi connectivity index (χ0n) is 11.5. The van der Waals surface area contributed by atoms with E-state index in [2.05, 4.69) is 9.98 Å². The van der Waals surface area contributed by atoms with E-state index in [1.807, 2.05) is 52.4 Å². The summed E-state index contributed by atoms with van der Waals surface area (Å²) in [4.78, 5) is 10.8. The van der Waals surface area contributed by atoms with Crippen LogP contribution in [0.5, 0.6) is 0 Å². The van der Waals surface area contributed by atoms with Crippen LogP contribution in [0.1, 0.15) is 6.92 Å². The molecule has 1 unspecified atom stereocenters. The lowest BCUT2D eigenvalue weighted by Gasteiger charge is -2.28. The standard InChI is InChI=1S/C15H14N4OS/c1-10-8-21-15-17-11(6-14(20)19(10)15)7-18-9-16-12-4-2-3-5-13(12)18/h2-6,8-9,14,20H,7H2,1H3. The highest BCUT2D eigenvalue weighted by Crippen LogP contribution is 2.32. The van der Waals surface area contributed by atoms with Gasteiger partial charge in [-0.05, 0) is 30.5 Å². The van der Waals surface area contributed by atoms with Crippen molar-refractivity contribution in [2.75, 3.05) is 0 Å². The number of fused-ring (bicyclic) bond motifs is 2. The monoisotopic (exact) mass is 298 g/mol. The second-order valence-electron chi connectivity index (χ2n) is 5.07. The topological polar surface area (TPSA) is 53.6 Å². The van der Waals surface area contributed by atoms with Crippen molar-refractivity contribution < 1.29 is 5.11 Å². The number of aromatic nitrogens is 2. The molecule has 1 atom stereocenters. The summed E-state index contributed by atoms with van der Waals surface area (Å²) in [6.07, 6.45) is 2.96. The molecule has 3 heterocycles. The summed E-state index contributed by atoms with van der Waals surface area (Å²) in [5.74, 6) is 0. The Kier molecular flexibility index (Phi) is 2.87. The van der Waals surface area contributed by atoms with Gasteiger partial charge in [0.25, 0.3) is 0 Å². The Morgan fingerprint density at radius 1 is 1.33 bits per heavy atom. The van der Waals surface area contributed by atoms with E-state index >= 15 is 0 Å². The van der Waals surface area contributed by atoms with Crippen LogP contribution in [0.4, 0.5) is 0 Å². The average molecular weight is 298 g/mol. The first kappa shape index (κ1) is 12.7. The van der Waals surface area contributed by atoms with Crippen molar-refractivity contribution in [3.63, 3.8) is 0 Å². The molecule has 2 aromatic rings. The second kappa shape index (κ2) is 4.75. The van der Waals surface area contributed by atoms with Crippen LogP contribution >= 0.6 is 11.8 Å². The Labute approximate surface area is 126 Å². The number of aliphatic hydroxyl groups excluding tert-OH is 1. The van der Waals surface area contributed by atoms with E-state index in [9.17, 15) is 5.11 Å². The first-order valence-corrected chi connectivity index (χ1v) is 7.60. The molecular formula is C15H14N4OS. The molecule has 0 aliphatic carbocycles. The number of aliphatic hydroxyl groups is 1. The Hall–Kier alpha value is -2.05. The molecule has 0 spiro atoms. The minimum Gasteiger partial charge on any atom is -0.369 e. The first-order chi connectivity index (χ1) is 10.2. The molecule has 106 valence electrons. The smallest absolute Gasteiger partial charge is 0.175 e. The van der Waals surface area contributed by atoms with E-state index in [1.54, 1.807) is 17.8 Å². The summed E-state index contributed by atoms with van der Waals surface area (Å²) in [6.45, 7) is 2.58. The Morgan fingerprint density at radius 3 is 3.10 bits per heavy atom. The molecule has 0 radical (unpaired) electrons.